The van der Waals surface area contributed by atoms with E-state index in [1.54, 1.807) is 0 Å². The standard InChI is InChI=1S/C9H16B2N2O2.C2H6/c1-13-4-7-2-3-8(5-13,12-7)6-15-9(10,11)14;1-2/h7,12,14H,2-6H2,1H3;1-2H3/t7-,8?;/m1./s1. The van der Waals surface area contributed by atoms with E-state index in [9.17, 15) is 0 Å². The van der Waals surface area contributed by atoms with Crippen LogP contribution in [-0.4, -0.2) is 69.6 Å². The lowest BCUT2D eigenvalue weighted by Crippen LogP contribution is -2.61. The predicted octanol–water partition coefficient (Wildman–Crippen LogP) is -0.594. The second-order valence-electron chi connectivity index (χ2n) is 4.90. The Hall–Kier alpha value is -0.0301. The van der Waals surface area contributed by atoms with Crippen LogP contribution in [0.5, 0.6) is 0 Å². The molecule has 1 unspecified atom stereocenters. The SMILES string of the molecule is CC.[B]C([B])(O)OCC12CC[C@H](CN(C)C1)N2. The molecule has 0 aromatic rings. The molecular formula is C11H22B2N2O2. The van der Waals surface area contributed by atoms with E-state index in [0.717, 1.165) is 25.9 Å². The number of nitrogens with zero attached hydrogens (tertiary/aromatic N) is 1. The van der Waals surface area contributed by atoms with Gasteiger partial charge in [0.25, 0.3) is 0 Å². The monoisotopic (exact) mass is 236 g/mol. The number of fused-ring (bicyclic) bond motifs is 2. The minimum Gasteiger partial charge on any atom is -0.384 e. The van der Waals surface area contributed by atoms with E-state index in [2.05, 4.69) is 17.3 Å². The predicted molar refractivity (Wildman–Crippen MR) is 70.1 cm³/mol. The van der Waals surface area contributed by atoms with Gasteiger partial charge in [0.1, 0.15) is 15.7 Å². The summed E-state index contributed by atoms with van der Waals surface area (Å²) in [6.07, 6.45) is 2.18. The molecule has 2 fully saturated rings. The van der Waals surface area contributed by atoms with Gasteiger partial charge in [-0.15, -0.1) is 0 Å². The largest absolute Gasteiger partial charge is 0.384 e. The Bertz CT molecular complexity index is 248. The van der Waals surface area contributed by atoms with Crippen LogP contribution < -0.4 is 5.32 Å². The van der Waals surface area contributed by atoms with Crippen molar-refractivity contribution in [2.45, 2.75) is 43.9 Å². The van der Waals surface area contributed by atoms with Crippen molar-refractivity contribution in [1.82, 2.24) is 10.2 Å². The lowest BCUT2D eigenvalue weighted by molar-refractivity contribution is -0.0992. The molecule has 2 heterocycles. The summed E-state index contributed by atoms with van der Waals surface area (Å²) in [5, 5.41) is 12.6. The molecule has 2 aliphatic heterocycles. The number of nitrogens with one attached hydrogen (secondary N) is 1. The summed E-state index contributed by atoms with van der Waals surface area (Å²) in [6.45, 7) is 6.31. The van der Waals surface area contributed by atoms with Crippen molar-refractivity contribution in [1.29, 1.82) is 0 Å². The molecule has 2 saturated heterocycles. The van der Waals surface area contributed by atoms with Gasteiger partial charge in [0.15, 0.2) is 0 Å². The molecule has 0 spiro atoms. The summed E-state index contributed by atoms with van der Waals surface area (Å²) in [6, 6.07) is 0.524. The van der Waals surface area contributed by atoms with Gasteiger partial charge in [-0.3, -0.25) is 0 Å². The van der Waals surface area contributed by atoms with Crippen molar-refractivity contribution in [2.24, 2.45) is 0 Å². The Labute approximate surface area is 107 Å². The molecular weight excluding hydrogens is 214 g/mol. The van der Waals surface area contributed by atoms with E-state index in [4.69, 9.17) is 25.5 Å². The second kappa shape index (κ2) is 5.74. The Kier molecular flexibility index (Phi) is 5.07. The molecule has 0 aromatic heterocycles. The molecule has 2 atom stereocenters. The highest BCUT2D eigenvalue weighted by molar-refractivity contribution is 6.37. The van der Waals surface area contributed by atoms with Crippen molar-refractivity contribution in [3.8, 4) is 0 Å². The summed E-state index contributed by atoms with van der Waals surface area (Å²) in [7, 11) is 12.5. The van der Waals surface area contributed by atoms with Crippen molar-refractivity contribution in [3.05, 3.63) is 0 Å². The third kappa shape index (κ3) is 4.28. The molecule has 94 valence electrons. The van der Waals surface area contributed by atoms with Crippen LogP contribution in [0.15, 0.2) is 0 Å². The minimum absolute atomic E-state index is 0.0929. The molecule has 4 nitrogen and oxygen atoms in total. The van der Waals surface area contributed by atoms with Crippen molar-refractivity contribution in [2.75, 3.05) is 26.7 Å². The average molecular weight is 236 g/mol. The first-order chi connectivity index (χ1) is 7.89. The van der Waals surface area contributed by atoms with Gasteiger partial charge >= 0.3 is 0 Å². The average Bonchev–Trinajstić information content (AvgIpc) is 2.55. The van der Waals surface area contributed by atoms with Gasteiger partial charge < -0.3 is 20.1 Å². The molecule has 2 N–H and O–H groups in total. The van der Waals surface area contributed by atoms with E-state index >= 15 is 0 Å². The highest BCUT2D eigenvalue weighted by atomic mass is 16.6. The van der Waals surface area contributed by atoms with Crippen LogP contribution in [0.2, 0.25) is 0 Å². The smallest absolute Gasteiger partial charge is 0.138 e. The number of likely N-dealkylation sites (tertiary alicyclic amines) is 1. The molecule has 6 heteroatoms. The van der Waals surface area contributed by atoms with Crippen molar-refractivity contribution in [3.63, 3.8) is 0 Å². The normalized spacial score (nSPS) is 33.1. The highest BCUT2D eigenvalue weighted by Crippen LogP contribution is 2.29. The number of rotatable bonds is 3. The van der Waals surface area contributed by atoms with E-state index in [1.807, 2.05) is 13.8 Å². The first-order valence-corrected chi connectivity index (χ1v) is 6.29. The van der Waals surface area contributed by atoms with Crippen molar-refractivity contribution < 1.29 is 9.84 Å². The zero-order valence-electron chi connectivity index (χ0n) is 11.1. The maximum absolute atomic E-state index is 9.13. The molecule has 4 radical (unpaired) electrons. The number of piperazine rings is 1. The number of ether oxygens (including phenoxy) is 1. The zero-order valence-corrected chi connectivity index (χ0v) is 11.1. The maximum atomic E-state index is 9.13. The molecule has 0 aliphatic carbocycles. The van der Waals surface area contributed by atoms with Crippen molar-refractivity contribution >= 4 is 15.7 Å². The van der Waals surface area contributed by atoms with Crippen LogP contribution >= 0.6 is 0 Å². The van der Waals surface area contributed by atoms with Crippen LogP contribution in [0, 0.1) is 0 Å². The first kappa shape index (κ1) is 15.0. The molecule has 2 aliphatic rings. The van der Waals surface area contributed by atoms with Gasteiger partial charge in [-0.05, 0) is 19.9 Å². The fraction of sp³-hybridized carbons (Fsp3) is 1.00. The molecule has 0 saturated carbocycles. The molecule has 17 heavy (non-hydrogen) atoms. The summed E-state index contributed by atoms with van der Waals surface area (Å²) in [5.41, 5.74) is -2.12. The van der Waals surface area contributed by atoms with E-state index in [-0.39, 0.29) is 5.54 Å². The fourth-order valence-electron chi connectivity index (χ4n) is 2.66. The quantitative estimate of drug-likeness (QED) is 0.507. The fourth-order valence-corrected chi connectivity index (χ4v) is 2.66. The van der Waals surface area contributed by atoms with Crippen LogP contribution in [0.4, 0.5) is 0 Å². The number of hydrogen-bond donors (Lipinski definition) is 2. The number of hydrogen-bond acceptors (Lipinski definition) is 4. The third-order valence-electron chi connectivity index (χ3n) is 3.17. The Morgan fingerprint density at radius 2 is 2.18 bits per heavy atom. The Balaban J connectivity index is 0.000000686. The molecule has 2 bridgehead atoms. The summed E-state index contributed by atoms with van der Waals surface area (Å²) >= 11 is 0. The molecule has 0 aromatic carbocycles. The van der Waals surface area contributed by atoms with Crippen LogP contribution in [-0.2, 0) is 4.74 Å². The van der Waals surface area contributed by atoms with Gasteiger partial charge in [-0.1, -0.05) is 13.8 Å². The minimum atomic E-state index is -2.02. The number of likely N-dealkylation sites (N-methyl/N-ethyl adjacent to an activating group) is 1. The third-order valence-corrected chi connectivity index (χ3v) is 3.17. The van der Waals surface area contributed by atoms with Gasteiger partial charge in [0.05, 0.1) is 17.7 Å². The summed E-state index contributed by atoms with van der Waals surface area (Å²) in [5.74, 6) is 0. The summed E-state index contributed by atoms with van der Waals surface area (Å²) < 4.78 is 5.06. The van der Waals surface area contributed by atoms with Crippen LogP contribution in [0.3, 0.4) is 0 Å². The van der Waals surface area contributed by atoms with Crippen LogP contribution in [0.25, 0.3) is 0 Å². The van der Waals surface area contributed by atoms with E-state index < -0.39 is 5.59 Å². The second-order valence-corrected chi connectivity index (χ2v) is 4.90. The highest BCUT2D eigenvalue weighted by Gasteiger charge is 2.44. The topological polar surface area (TPSA) is 44.7 Å². The lowest BCUT2D eigenvalue weighted by atomic mass is 9.76. The van der Waals surface area contributed by atoms with Crippen LogP contribution in [0.1, 0.15) is 26.7 Å². The van der Waals surface area contributed by atoms with E-state index in [0.29, 0.717) is 12.6 Å². The Morgan fingerprint density at radius 3 is 2.76 bits per heavy atom. The molecule has 2 rings (SSSR count). The van der Waals surface area contributed by atoms with Gasteiger partial charge in [-0.25, -0.2) is 0 Å². The maximum Gasteiger partial charge on any atom is 0.138 e. The van der Waals surface area contributed by atoms with Gasteiger partial charge in [-0.2, -0.15) is 0 Å². The van der Waals surface area contributed by atoms with E-state index in [1.165, 1.54) is 0 Å². The van der Waals surface area contributed by atoms with Gasteiger partial charge in [0, 0.05) is 19.1 Å². The first-order valence-electron chi connectivity index (χ1n) is 6.29. The Morgan fingerprint density at radius 1 is 1.53 bits per heavy atom. The zero-order chi connectivity index (χ0) is 13.1. The number of aliphatic hydroxyl groups is 1. The summed E-state index contributed by atoms with van der Waals surface area (Å²) in [4.78, 5) is 2.27. The van der Waals surface area contributed by atoms with Gasteiger partial charge in [0.2, 0.25) is 0 Å². The molecule has 0 amide bonds. The lowest BCUT2D eigenvalue weighted by Gasteiger charge is -2.40.